The summed E-state index contributed by atoms with van der Waals surface area (Å²) in [7, 11) is 0. The van der Waals surface area contributed by atoms with E-state index in [1.807, 2.05) is 36.4 Å². The van der Waals surface area contributed by atoms with Gasteiger partial charge in [0, 0.05) is 12.1 Å². The van der Waals surface area contributed by atoms with Gasteiger partial charge < -0.3 is 10.5 Å². The lowest BCUT2D eigenvalue weighted by Crippen LogP contribution is -2.00. The van der Waals surface area contributed by atoms with Crippen LogP contribution in [-0.4, -0.2) is 0 Å². The van der Waals surface area contributed by atoms with Crippen molar-refractivity contribution in [2.24, 2.45) is 5.73 Å². The molecule has 0 atom stereocenters. The lowest BCUT2D eigenvalue weighted by Gasteiger charge is -2.11. The molecule has 2 nitrogen and oxygen atoms in total. The van der Waals surface area contributed by atoms with Crippen LogP contribution in [-0.2, 0) is 13.0 Å². The highest BCUT2D eigenvalue weighted by molar-refractivity contribution is 5.40. The molecule has 0 amide bonds. The van der Waals surface area contributed by atoms with Gasteiger partial charge in [-0.05, 0) is 30.2 Å². The van der Waals surface area contributed by atoms with Crippen LogP contribution in [0, 0.1) is 0 Å². The molecule has 0 unspecified atom stereocenters. The first-order valence-corrected chi connectivity index (χ1v) is 5.88. The highest BCUT2D eigenvalue weighted by Gasteiger charge is 2.04. The summed E-state index contributed by atoms with van der Waals surface area (Å²) in [5.74, 6) is 1.70. The molecule has 0 fully saturated rings. The van der Waals surface area contributed by atoms with E-state index in [4.69, 9.17) is 10.5 Å². The van der Waals surface area contributed by atoms with E-state index in [9.17, 15) is 0 Å². The Labute approximate surface area is 102 Å². The number of hydrogen-bond acceptors (Lipinski definition) is 2. The predicted molar refractivity (Wildman–Crippen MR) is 70.2 cm³/mol. The highest BCUT2D eigenvalue weighted by Crippen LogP contribution is 2.26. The summed E-state index contributed by atoms with van der Waals surface area (Å²) < 4.78 is 5.86. The minimum Gasteiger partial charge on any atom is -0.457 e. The Morgan fingerprint density at radius 1 is 1.06 bits per heavy atom. The van der Waals surface area contributed by atoms with Crippen molar-refractivity contribution in [3.63, 3.8) is 0 Å². The van der Waals surface area contributed by atoms with Gasteiger partial charge in [0.25, 0.3) is 0 Å². The number of para-hydroxylation sites is 1. The van der Waals surface area contributed by atoms with Crippen molar-refractivity contribution in [3.05, 3.63) is 59.7 Å². The van der Waals surface area contributed by atoms with Crippen LogP contribution in [0.2, 0.25) is 0 Å². The standard InChI is InChI=1S/C15H17NO/c1-2-12-8-9-13(11-16)15(10-12)17-14-6-4-3-5-7-14/h3-10H,2,11,16H2,1H3. The Hall–Kier alpha value is -1.80. The largest absolute Gasteiger partial charge is 0.457 e. The van der Waals surface area contributed by atoms with Crippen LogP contribution < -0.4 is 10.5 Å². The van der Waals surface area contributed by atoms with Crippen molar-refractivity contribution < 1.29 is 4.74 Å². The lowest BCUT2D eigenvalue weighted by molar-refractivity contribution is 0.476. The van der Waals surface area contributed by atoms with E-state index in [2.05, 4.69) is 19.1 Å². The van der Waals surface area contributed by atoms with Crippen LogP contribution in [0.1, 0.15) is 18.1 Å². The summed E-state index contributed by atoms with van der Waals surface area (Å²) in [6.45, 7) is 2.62. The Morgan fingerprint density at radius 3 is 2.47 bits per heavy atom. The SMILES string of the molecule is CCc1ccc(CN)c(Oc2ccccc2)c1. The molecule has 2 N–H and O–H groups in total. The zero-order chi connectivity index (χ0) is 12.1. The highest BCUT2D eigenvalue weighted by atomic mass is 16.5. The van der Waals surface area contributed by atoms with Gasteiger partial charge in [0.05, 0.1) is 0 Å². The molecule has 0 aliphatic rings. The molecule has 0 saturated carbocycles. The second kappa shape index (κ2) is 5.51. The molecular weight excluding hydrogens is 210 g/mol. The van der Waals surface area contributed by atoms with Crippen LogP contribution in [0.15, 0.2) is 48.5 Å². The van der Waals surface area contributed by atoms with Crippen LogP contribution in [0.3, 0.4) is 0 Å². The minimum absolute atomic E-state index is 0.492. The molecule has 0 spiro atoms. The van der Waals surface area contributed by atoms with Crippen molar-refractivity contribution >= 4 is 0 Å². The Morgan fingerprint density at radius 2 is 1.82 bits per heavy atom. The molecule has 2 aromatic rings. The summed E-state index contributed by atoms with van der Waals surface area (Å²) in [5, 5.41) is 0. The second-order valence-corrected chi connectivity index (χ2v) is 3.91. The molecule has 0 aliphatic heterocycles. The number of ether oxygens (including phenoxy) is 1. The molecule has 0 radical (unpaired) electrons. The number of aryl methyl sites for hydroxylation is 1. The molecule has 2 aromatic carbocycles. The molecule has 0 aliphatic carbocycles. The van der Waals surface area contributed by atoms with Crippen molar-refractivity contribution in [1.29, 1.82) is 0 Å². The van der Waals surface area contributed by atoms with Gasteiger partial charge in [0.1, 0.15) is 11.5 Å². The maximum atomic E-state index is 5.86. The lowest BCUT2D eigenvalue weighted by atomic mass is 10.1. The Kier molecular flexibility index (Phi) is 3.78. The van der Waals surface area contributed by atoms with Crippen molar-refractivity contribution in [3.8, 4) is 11.5 Å². The smallest absolute Gasteiger partial charge is 0.132 e. The number of benzene rings is 2. The molecule has 88 valence electrons. The number of hydrogen-bond donors (Lipinski definition) is 1. The zero-order valence-electron chi connectivity index (χ0n) is 10.0. The van der Waals surface area contributed by atoms with Gasteiger partial charge in [-0.1, -0.05) is 37.3 Å². The van der Waals surface area contributed by atoms with Crippen LogP contribution >= 0.6 is 0 Å². The third-order valence-corrected chi connectivity index (χ3v) is 2.73. The van der Waals surface area contributed by atoms with Gasteiger partial charge >= 0.3 is 0 Å². The molecule has 0 bridgehead atoms. The van der Waals surface area contributed by atoms with Crippen LogP contribution in [0.25, 0.3) is 0 Å². The monoisotopic (exact) mass is 227 g/mol. The van der Waals surface area contributed by atoms with Gasteiger partial charge in [0.2, 0.25) is 0 Å². The maximum absolute atomic E-state index is 5.86. The molecule has 2 heteroatoms. The van der Waals surface area contributed by atoms with Crippen molar-refractivity contribution in [2.75, 3.05) is 0 Å². The summed E-state index contributed by atoms with van der Waals surface area (Å²) in [4.78, 5) is 0. The quantitative estimate of drug-likeness (QED) is 0.867. The number of nitrogens with two attached hydrogens (primary N) is 1. The van der Waals surface area contributed by atoms with Crippen LogP contribution in [0.5, 0.6) is 11.5 Å². The normalized spacial score (nSPS) is 10.2. The average Bonchev–Trinajstić information content (AvgIpc) is 2.40. The fourth-order valence-corrected chi connectivity index (χ4v) is 1.70. The molecule has 17 heavy (non-hydrogen) atoms. The van der Waals surface area contributed by atoms with Gasteiger partial charge in [-0.15, -0.1) is 0 Å². The fraction of sp³-hybridized carbons (Fsp3) is 0.200. The van der Waals surface area contributed by atoms with Gasteiger partial charge in [-0.25, -0.2) is 0 Å². The van der Waals surface area contributed by atoms with Gasteiger partial charge in [0.15, 0.2) is 0 Å². The van der Waals surface area contributed by atoms with E-state index in [0.29, 0.717) is 6.54 Å². The molecule has 0 aromatic heterocycles. The first-order valence-electron chi connectivity index (χ1n) is 5.88. The van der Waals surface area contributed by atoms with E-state index in [1.165, 1.54) is 5.56 Å². The molecular formula is C15H17NO. The summed E-state index contributed by atoms with van der Waals surface area (Å²) in [6.07, 6.45) is 0.996. The van der Waals surface area contributed by atoms with Crippen molar-refractivity contribution in [2.45, 2.75) is 19.9 Å². The first kappa shape index (κ1) is 11.7. The molecule has 2 rings (SSSR count). The Bertz CT molecular complexity index is 480. The van der Waals surface area contributed by atoms with Crippen LogP contribution in [0.4, 0.5) is 0 Å². The van der Waals surface area contributed by atoms with E-state index >= 15 is 0 Å². The van der Waals surface area contributed by atoms with Gasteiger partial charge in [-0.3, -0.25) is 0 Å². The summed E-state index contributed by atoms with van der Waals surface area (Å²) in [6, 6.07) is 16.0. The minimum atomic E-state index is 0.492. The van der Waals surface area contributed by atoms with E-state index in [1.54, 1.807) is 0 Å². The van der Waals surface area contributed by atoms with E-state index in [-0.39, 0.29) is 0 Å². The first-order chi connectivity index (χ1) is 8.33. The predicted octanol–water partition coefficient (Wildman–Crippen LogP) is 3.50. The third kappa shape index (κ3) is 2.86. The maximum Gasteiger partial charge on any atom is 0.132 e. The van der Waals surface area contributed by atoms with Crippen molar-refractivity contribution in [1.82, 2.24) is 0 Å². The molecule has 0 heterocycles. The number of rotatable bonds is 4. The van der Waals surface area contributed by atoms with E-state index in [0.717, 1.165) is 23.5 Å². The van der Waals surface area contributed by atoms with E-state index < -0.39 is 0 Å². The Balaban J connectivity index is 2.30. The summed E-state index contributed by atoms with van der Waals surface area (Å²) in [5.41, 5.74) is 8.01. The fourth-order valence-electron chi connectivity index (χ4n) is 1.70. The zero-order valence-corrected chi connectivity index (χ0v) is 10.0. The second-order valence-electron chi connectivity index (χ2n) is 3.91. The third-order valence-electron chi connectivity index (χ3n) is 2.73. The summed E-state index contributed by atoms with van der Waals surface area (Å²) >= 11 is 0. The van der Waals surface area contributed by atoms with Gasteiger partial charge in [-0.2, -0.15) is 0 Å². The average molecular weight is 227 g/mol. The molecule has 0 saturated heterocycles. The topological polar surface area (TPSA) is 35.2 Å².